The quantitative estimate of drug-likeness (QED) is 0.743. The first-order valence-electron chi connectivity index (χ1n) is 5.91. The molecule has 0 bridgehead atoms. The Kier molecular flexibility index (Phi) is 3.39. The Labute approximate surface area is 96.3 Å². The second-order valence-electron chi connectivity index (χ2n) is 4.77. The van der Waals surface area contributed by atoms with Crippen LogP contribution in [0.25, 0.3) is 0 Å². The molecule has 1 aliphatic carbocycles. The molecule has 1 N–H and O–H groups in total. The van der Waals surface area contributed by atoms with Crippen LogP contribution in [0.4, 0.5) is 0 Å². The fourth-order valence-electron chi connectivity index (χ4n) is 2.39. The number of aliphatic hydroxyl groups excluding tert-OH is 1. The second kappa shape index (κ2) is 4.79. The Hall–Kier alpha value is -1.15. The summed E-state index contributed by atoms with van der Waals surface area (Å²) in [5.41, 5.74) is 1.42. The van der Waals surface area contributed by atoms with Gasteiger partial charge in [0.1, 0.15) is 6.29 Å². The van der Waals surface area contributed by atoms with Gasteiger partial charge in [0.05, 0.1) is 6.61 Å². The average Bonchev–Trinajstić information content (AvgIpc) is 3.11. The third kappa shape index (κ3) is 2.33. The molecular weight excluding hydrogens is 200 g/mol. The lowest BCUT2D eigenvalue weighted by Gasteiger charge is -2.20. The SMILES string of the molecule is O=CC(CO)C1(CCc2ccccc2)CC1. The molecule has 2 heteroatoms. The molecule has 2 rings (SSSR count). The van der Waals surface area contributed by atoms with Gasteiger partial charge in [-0.1, -0.05) is 30.3 Å². The molecule has 0 aromatic heterocycles. The Morgan fingerprint density at radius 3 is 2.50 bits per heavy atom. The lowest BCUT2D eigenvalue weighted by Crippen LogP contribution is -2.22. The van der Waals surface area contributed by atoms with E-state index in [0.717, 1.165) is 32.0 Å². The van der Waals surface area contributed by atoms with Crippen LogP contribution >= 0.6 is 0 Å². The number of aldehydes is 1. The summed E-state index contributed by atoms with van der Waals surface area (Å²) < 4.78 is 0. The molecule has 1 aromatic rings. The van der Waals surface area contributed by atoms with Gasteiger partial charge >= 0.3 is 0 Å². The molecule has 86 valence electrons. The minimum atomic E-state index is -0.156. The number of hydrogen-bond acceptors (Lipinski definition) is 2. The number of carbonyl (C=O) groups excluding carboxylic acids is 1. The molecule has 0 aliphatic heterocycles. The predicted molar refractivity (Wildman–Crippen MR) is 63.1 cm³/mol. The first kappa shape index (κ1) is 11.3. The number of aliphatic hydroxyl groups is 1. The molecule has 0 saturated heterocycles. The van der Waals surface area contributed by atoms with Gasteiger partial charge in [-0.05, 0) is 36.7 Å². The van der Waals surface area contributed by atoms with Crippen molar-refractivity contribution in [2.24, 2.45) is 11.3 Å². The number of aryl methyl sites for hydroxylation is 1. The summed E-state index contributed by atoms with van der Waals surface area (Å²) in [5, 5.41) is 9.17. The Morgan fingerprint density at radius 2 is 2.00 bits per heavy atom. The Bertz CT molecular complexity index is 341. The highest BCUT2D eigenvalue weighted by atomic mass is 16.3. The van der Waals surface area contributed by atoms with E-state index in [2.05, 4.69) is 12.1 Å². The van der Waals surface area contributed by atoms with Crippen LogP contribution in [-0.4, -0.2) is 18.0 Å². The number of hydrogen-bond donors (Lipinski definition) is 1. The molecule has 1 aliphatic rings. The summed E-state index contributed by atoms with van der Waals surface area (Å²) in [6.45, 7) is -0.00170. The molecule has 0 heterocycles. The minimum Gasteiger partial charge on any atom is -0.396 e. The molecule has 1 fully saturated rings. The van der Waals surface area contributed by atoms with Crippen LogP contribution in [0.3, 0.4) is 0 Å². The molecule has 1 aromatic carbocycles. The standard InChI is InChI=1S/C14H18O2/c15-10-13(11-16)14(8-9-14)7-6-12-4-2-1-3-5-12/h1-5,10,13,16H,6-9,11H2. The molecule has 1 saturated carbocycles. The molecule has 2 nitrogen and oxygen atoms in total. The van der Waals surface area contributed by atoms with Gasteiger partial charge < -0.3 is 9.90 Å². The van der Waals surface area contributed by atoms with Crippen LogP contribution in [0, 0.1) is 11.3 Å². The van der Waals surface area contributed by atoms with Crippen molar-refractivity contribution < 1.29 is 9.90 Å². The maximum atomic E-state index is 10.9. The van der Waals surface area contributed by atoms with E-state index in [0.29, 0.717) is 0 Å². The van der Waals surface area contributed by atoms with Gasteiger partial charge in [0, 0.05) is 5.92 Å². The van der Waals surface area contributed by atoms with Crippen LogP contribution in [0.5, 0.6) is 0 Å². The van der Waals surface area contributed by atoms with Crippen molar-refractivity contribution in [3.05, 3.63) is 35.9 Å². The van der Waals surface area contributed by atoms with E-state index in [9.17, 15) is 4.79 Å². The van der Waals surface area contributed by atoms with Crippen molar-refractivity contribution in [2.45, 2.75) is 25.7 Å². The van der Waals surface area contributed by atoms with E-state index in [1.165, 1.54) is 5.56 Å². The highest BCUT2D eigenvalue weighted by Gasteiger charge is 2.48. The highest BCUT2D eigenvalue weighted by molar-refractivity contribution is 5.56. The van der Waals surface area contributed by atoms with Crippen molar-refractivity contribution in [2.75, 3.05) is 6.61 Å². The monoisotopic (exact) mass is 218 g/mol. The summed E-state index contributed by atoms with van der Waals surface area (Å²) in [7, 11) is 0. The zero-order valence-corrected chi connectivity index (χ0v) is 9.43. The van der Waals surface area contributed by atoms with Gasteiger partial charge in [0.15, 0.2) is 0 Å². The van der Waals surface area contributed by atoms with Gasteiger partial charge in [0.25, 0.3) is 0 Å². The Morgan fingerprint density at radius 1 is 1.31 bits per heavy atom. The van der Waals surface area contributed by atoms with Crippen LogP contribution in [0.15, 0.2) is 30.3 Å². The summed E-state index contributed by atoms with van der Waals surface area (Å²) >= 11 is 0. The zero-order chi connectivity index (χ0) is 11.4. The molecule has 0 amide bonds. The van der Waals surface area contributed by atoms with E-state index < -0.39 is 0 Å². The fraction of sp³-hybridized carbons (Fsp3) is 0.500. The molecule has 16 heavy (non-hydrogen) atoms. The molecular formula is C14H18O2. The lowest BCUT2D eigenvalue weighted by molar-refractivity contribution is -0.114. The smallest absolute Gasteiger partial charge is 0.125 e. The summed E-state index contributed by atoms with van der Waals surface area (Å²) in [6, 6.07) is 10.3. The van der Waals surface area contributed by atoms with Gasteiger partial charge in [-0.2, -0.15) is 0 Å². The molecule has 1 atom stereocenters. The zero-order valence-electron chi connectivity index (χ0n) is 9.43. The van der Waals surface area contributed by atoms with E-state index in [1.54, 1.807) is 0 Å². The average molecular weight is 218 g/mol. The number of carbonyl (C=O) groups is 1. The fourth-order valence-corrected chi connectivity index (χ4v) is 2.39. The van der Waals surface area contributed by atoms with E-state index in [4.69, 9.17) is 5.11 Å². The van der Waals surface area contributed by atoms with Crippen molar-refractivity contribution in [3.63, 3.8) is 0 Å². The topological polar surface area (TPSA) is 37.3 Å². The normalized spacial score (nSPS) is 19.1. The summed E-state index contributed by atoms with van der Waals surface area (Å²) in [5.74, 6) is -0.156. The van der Waals surface area contributed by atoms with Crippen molar-refractivity contribution in [1.82, 2.24) is 0 Å². The van der Waals surface area contributed by atoms with Crippen molar-refractivity contribution >= 4 is 6.29 Å². The lowest BCUT2D eigenvalue weighted by atomic mass is 9.85. The third-order valence-electron chi connectivity index (χ3n) is 3.79. The maximum Gasteiger partial charge on any atom is 0.125 e. The molecule has 0 spiro atoms. The van der Waals surface area contributed by atoms with E-state index in [-0.39, 0.29) is 17.9 Å². The maximum absolute atomic E-state index is 10.9. The Balaban J connectivity index is 1.93. The van der Waals surface area contributed by atoms with Gasteiger partial charge in [0.2, 0.25) is 0 Å². The van der Waals surface area contributed by atoms with Crippen LogP contribution in [-0.2, 0) is 11.2 Å². The van der Waals surface area contributed by atoms with Crippen LogP contribution in [0.2, 0.25) is 0 Å². The van der Waals surface area contributed by atoms with Crippen molar-refractivity contribution in [1.29, 1.82) is 0 Å². The van der Waals surface area contributed by atoms with E-state index >= 15 is 0 Å². The number of rotatable bonds is 6. The number of benzene rings is 1. The van der Waals surface area contributed by atoms with Gasteiger partial charge in [-0.25, -0.2) is 0 Å². The molecule has 1 unspecified atom stereocenters. The summed E-state index contributed by atoms with van der Waals surface area (Å²) in [4.78, 5) is 10.9. The third-order valence-corrected chi connectivity index (χ3v) is 3.79. The molecule has 0 radical (unpaired) electrons. The largest absolute Gasteiger partial charge is 0.396 e. The van der Waals surface area contributed by atoms with Gasteiger partial charge in [-0.15, -0.1) is 0 Å². The van der Waals surface area contributed by atoms with Gasteiger partial charge in [-0.3, -0.25) is 0 Å². The first-order valence-corrected chi connectivity index (χ1v) is 5.91. The van der Waals surface area contributed by atoms with Crippen molar-refractivity contribution in [3.8, 4) is 0 Å². The van der Waals surface area contributed by atoms with Crippen LogP contribution in [0.1, 0.15) is 24.8 Å². The predicted octanol–water partition coefficient (Wildman–Crippen LogP) is 2.21. The minimum absolute atomic E-state index is 0.00170. The second-order valence-corrected chi connectivity index (χ2v) is 4.77. The summed E-state index contributed by atoms with van der Waals surface area (Å²) in [6.07, 6.45) is 5.12. The van der Waals surface area contributed by atoms with Crippen LogP contribution < -0.4 is 0 Å². The first-order chi connectivity index (χ1) is 7.80. The van der Waals surface area contributed by atoms with E-state index in [1.807, 2.05) is 18.2 Å². The highest BCUT2D eigenvalue weighted by Crippen LogP contribution is 2.54.